The summed E-state index contributed by atoms with van der Waals surface area (Å²) in [5.74, 6) is 0.431. The zero-order valence-corrected chi connectivity index (χ0v) is 13.5. The number of rotatable bonds is 2. The molecule has 1 saturated heterocycles. The van der Waals surface area contributed by atoms with Crippen molar-refractivity contribution in [2.75, 3.05) is 11.4 Å². The van der Waals surface area contributed by atoms with Crippen molar-refractivity contribution in [1.29, 1.82) is 0 Å². The van der Waals surface area contributed by atoms with Crippen molar-refractivity contribution in [1.82, 2.24) is 0 Å². The van der Waals surface area contributed by atoms with Gasteiger partial charge >= 0.3 is 0 Å². The number of piperidine rings is 1. The van der Waals surface area contributed by atoms with E-state index in [1.54, 1.807) is 12.1 Å². The van der Waals surface area contributed by atoms with E-state index in [1.807, 2.05) is 0 Å². The number of nitrogens with two attached hydrogens (primary N) is 1. The molecule has 2 atom stereocenters. The molecule has 1 aliphatic heterocycles. The minimum Gasteiger partial charge on any atom is -0.389 e. The van der Waals surface area contributed by atoms with Crippen LogP contribution in [-0.2, 0) is 0 Å². The summed E-state index contributed by atoms with van der Waals surface area (Å²) in [4.78, 5) is 2.33. The molecule has 5 heteroatoms. The predicted octanol–water partition coefficient (Wildman–Crippen LogP) is 3.85. The smallest absolute Gasteiger partial charge is 0.161 e. The highest BCUT2D eigenvalue weighted by Gasteiger charge is 2.26. The maximum Gasteiger partial charge on any atom is 0.161 e. The minimum absolute atomic E-state index is 0.206. The Labute approximate surface area is 127 Å². The highest BCUT2D eigenvalue weighted by atomic mass is 79.9. The van der Waals surface area contributed by atoms with Crippen molar-refractivity contribution in [3.05, 3.63) is 28.0 Å². The number of hydrogen-bond donors (Lipinski definition) is 1. The Morgan fingerprint density at radius 3 is 2.74 bits per heavy atom. The maximum absolute atomic E-state index is 14.5. The molecular formula is C14H18BrFN2S. The second-order valence-electron chi connectivity index (χ2n) is 5.30. The van der Waals surface area contributed by atoms with E-state index in [2.05, 4.69) is 34.7 Å². The summed E-state index contributed by atoms with van der Waals surface area (Å²) in [6.07, 6.45) is 2.19. The van der Waals surface area contributed by atoms with Gasteiger partial charge in [0.05, 0.1) is 10.2 Å². The lowest BCUT2D eigenvalue weighted by Gasteiger charge is -2.38. The van der Waals surface area contributed by atoms with Gasteiger partial charge in [-0.2, -0.15) is 0 Å². The van der Waals surface area contributed by atoms with Crippen LogP contribution in [-0.4, -0.2) is 17.6 Å². The molecular weight excluding hydrogens is 327 g/mol. The Hall–Kier alpha value is -0.680. The Bertz CT molecular complexity index is 506. The predicted molar refractivity (Wildman–Crippen MR) is 85.2 cm³/mol. The number of thiocarbonyl (C=S) groups is 1. The molecule has 104 valence electrons. The summed E-state index contributed by atoms with van der Waals surface area (Å²) in [5.41, 5.74) is 6.76. The van der Waals surface area contributed by atoms with Crippen molar-refractivity contribution in [3.8, 4) is 0 Å². The standard InChI is InChI=1S/C14H18BrFN2S/c1-8-5-6-18(9(2)7-8)11-4-3-10(14(17)19)12(15)13(11)16/h3-4,8-9H,5-7H2,1-2H3,(H2,17,19). The summed E-state index contributed by atoms with van der Waals surface area (Å²) in [5, 5.41) is 0. The Kier molecular flexibility index (Phi) is 4.46. The fourth-order valence-electron chi connectivity index (χ4n) is 2.72. The molecule has 1 aromatic carbocycles. The van der Waals surface area contributed by atoms with E-state index in [4.69, 9.17) is 18.0 Å². The third-order valence-electron chi connectivity index (χ3n) is 3.78. The number of anilines is 1. The highest BCUT2D eigenvalue weighted by molar-refractivity contribution is 9.10. The van der Waals surface area contributed by atoms with Gasteiger partial charge < -0.3 is 10.6 Å². The molecule has 1 heterocycles. The van der Waals surface area contributed by atoms with Crippen LogP contribution in [0.2, 0.25) is 0 Å². The van der Waals surface area contributed by atoms with Crippen molar-refractivity contribution in [2.45, 2.75) is 32.7 Å². The monoisotopic (exact) mass is 344 g/mol. The van der Waals surface area contributed by atoms with Gasteiger partial charge in [0.1, 0.15) is 4.99 Å². The largest absolute Gasteiger partial charge is 0.389 e. The Morgan fingerprint density at radius 1 is 1.47 bits per heavy atom. The molecule has 0 aromatic heterocycles. The molecule has 0 aliphatic carbocycles. The van der Waals surface area contributed by atoms with Gasteiger partial charge in [-0.05, 0) is 53.7 Å². The van der Waals surface area contributed by atoms with Crippen LogP contribution in [0, 0.1) is 11.7 Å². The summed E-state index contributed by atoms with van der Waals surface area (Å²) in [7, 11) is 0. The molecule has 0 amide bonds. The van der Waals surface area contributed by atoms with Crippen molar-refractivity contribution >= 4 is 38.8 Å². The number of benzene rings is 1. The third-order valence-corrected chi connectivity index (χ3v) is 4.77. The lowest BCUT2D eigenvalue weighted by atomic mass is 9.93. The molecule has 2 N–H and O–H groups in total. The summed E-state index contributed by atoms with van der Waals surface area (Å²) >= 11 is 8.18. The van der Waals surface area contributed by atoms with E-state index in [1.165, 1.54) is 0 Å². The molecule has 2 unspecified atom stereocenters. The van der Waals surface area contributed by atoms with E-state index >= 15 is 0 Å². The second-order valence-corrected chi connectivity index (χ2v) is 6.53. The first-order valence-corrected chi connectivity index (χ1v) is 7.66. The fourth-order valence-corrected chi connectivity index (χ4v) is 3.57. The average molecular weight is 345 g/mol. The van der Waals surface area contributed by atoms with Gasteiger partial charge in [0.25, 0.3) is 0 Å². The summed E-state index contributed by atoms with van der Waals surface area (Å²) in [6.45, 7) is 5.28. The molecule has 0 radical (unpaired) electrons. The van der Waals surface area contributed by atoms with Gasteiger partial charge in [0, 0.05) is 18.2 Å². The van der Waals surface area contributed by atoms with Crippen LogP contribution >= 0.6 is 28.1 Å². The number of nitrogens with zero attached hydrogens (tertiary/aromatic N) is 1. The van der Waals surface area contributed by atoms with E-state index in [0.29, 0.717) is 27.7 Å². The Balaban J connectivity index is 2.36. The normalized spacial score (nSPS) is 23.5. The van der Waals surface area contributed by atoms with Crippen LogP contribution in [0.1, 0.15) is 32.3 Å². The first-order valence-electron chi connectivity index (χ1n) is 6.46. The third kappa shape index (κ3) is 2.92. The summed E-state index contributed by atoms with van der Waals surface area (Å²) < 4.78 is 14.8. The Morgan fingerprint density at radius 2 is 2.16 bits per heavy atom. The average Bonchev–Trinajstić information content (AvgIpc) is 2.33. The molecule has 0 spiro atoms. The first kappa shape index (κ1) is 14.7. The van der Waals surface area contributed by atoms with Gasteiger partial charge in [-0.25, -0.2) is 4.39 Å². The van der Waals surface area contributed by atoms with Crippen LogP contribution in [0.5, 0.6) is 0 Å². The summed E-state index contributed by atoms with van der Waals surface area (Å²) in [6, 6.07) is 3.91. The lowest BCUT2D eigenvalue weighted by Crippen LogP contribution is -2.40. The molecule has 0 saturated carbocycles. The van der Waals surface area contributed by atoms with E-state index < -0.39 is 0 Å². The zero-order chi connectivity index (χ0) is 14.2. The quantitative estimate of drug-likeness (QED) is 0.826. The maximum atomic E-state index is 14.5. The van der Waals surface area contributed by atoms with Crippen LogP contribution < -0.4 is 10.6 Å². The first-order chi connectivity index (χ1) is 8.91. The molecule has 1 aromatic rings. The van der Waals surface area contributed by atoms with E-state index in [9.17, 15) is 4.39 Å². The zero-order valence-electron chi connectivity index (χ0n) is 11.1. The van der Waals surface area contributed by atoms with Crippen LogP contribution in [0.25, 0.3) is 0 Å². The van der Waals surface area contributed by atoms with Gasteiger partial charge in [-0.15, -0.1) is 0 Å². The molecule has 2 nitrogen and oxygen atoms in total. The van der Waals surface area contributed by atoms with Crippen molar-refractivity contribution in [2.24, 2.45) is 11.7 Å². The van der Waals surface area contributed by atoms with Gasteiger partial charge in [0.15, 0.2) is 5.82 Å². The molecule has 19 heavy (non-hydrogen) atoms. The SMILES string of the molecule is CC1CCN(c2ccc(C(N)=S)c(Br)c2F)C(C)C1. The molecule has 0 bridgehead atoms. The van der Waals surface area contributed by atoms with Crippen LogP contribution in [0.15, 0.2) is 16.6 Å². The molecule has 1 fully saturated rings. The van der Waals surface area contributed by atoms with Gasteiger partial charge in [-0.1, -0.05) is 19.1 Å². The van der Waals surface area contributed by atoms with E-state index in [-0.39, 0.29) is 10.8 Å². The highest BCUT2D eigenvalue weighted by Crippen LogP contribution is 2.34. The topological polar surface area (TPSA) is 29.3 Å². The number of halogens is 2. The van der Waals surface area contributed by atoms with Crippen LogP contribution in [0.3, 0.4) is 0 Å². The van der Waals surface area contributed by atoms with E-state index in [0.717, 1.165) is 19.4 Å². The molecule has 2 rings (SSSR count). The second kappa shape index (κ2) is 5.75. The molecule has 1 aliphatic rings. The minimum atomic E-state index is -0.272. The number of hydrogen-bond acceptors (Lipinski definition) is 2. The van der Waals surface area contributed by atoms with Gasteiger partial charge in [-0.3, -0.25) is 0 Å². The van der Waals surface area contributed by atoms with Gasteiger partial charge in [0.2, 0.25) is 0 Å². The fraction of sp³-hybridized carbons (Fsp3) is 0.500. The van der Waals surface area contributed by atoms with Crippen molar-refractivity contribution in [3.63, 3.8) is 0 Å². The lowest BCUT2D eigenvalue weighted by molar-refractivity contribution is 0.374. The van der Waals surface area contributed by atoms with Crippen LogP contribution in [0.4, 0.5) is 10.1 Å². The van der Waals surface area contributed by atoms with Crippen molar-refractivity contribution < 1.29 is 4.39 Å².